The highest BCUT2D eigenvalue weighted by Crippen LogP contribution is 2.10. The van der Waals surface area contributed by atoms with Crippen molar-refractivity contribution in [3.63, 3.8) is 0 Å². The smallest absolute Gasteiger partial charge is 0.123 e. The fraction of sp³-hybridized carbons (Fsp3) is 0. The normalized spacial score (nSPS) is 10.2. The lowest BCUT2D eigenvalue weighted by Gasteiger charge is -1.96. The molecule has 0 bridgehead atoms. The molecule has 2 nitrogen and oxygen atoms in total. The van der Waals surface area contributed by atoms with Crippen LogP contribution in [-0.2, 0) is 0 Å². The van der Waals surface area contributed by atoms with Crippen molar-refractivity contribution in [2.75, 3.05) is 0 Å². The van der Waals surface area contributed by atoms with E-state index in [1.165, 1.54) is 12.1 Å². The lowest BCUT2D eigenvalue weighted by atomic mass is 10.1. The molecule has 3 heteroatoms. The summed E-state index contributed by atoms with van der Waals surface area (Å²) in [6, 6.07) is 8.22. The fourth-order valence-corrected chi connectivity index (χ4v) is 1.12. The third-order valence-corrected chi connectivity index (χ3v) is 1.69. The molecule has 0 aliphatic rings. The van der Waals surface area contributed by atoms with E-state index in [2.05, 4.69) is 10.2 Å². The highest BCUT2D eigenvalue weighted by Gasteiger charge is 1.99. The minimum atomic E-state index is -0.232. The topological polar surface area (TPSA) is 28.7 Å². The molecule has 2 rings (SSSR count). The number of aromatic amines is 1. The van der Waals surface area contributed by atoms with Crippen molar-refractivity contribution >= 4 is 0 Å². The van der Waals surface area contributed by atoms with Gasteiger partial charge in [0.15, 0.2) is 0 Å². The average Bonchev–Trinajstić information content (AvgIpc) is 2.57. The van der Waals surface area contributed by atoms with E-state index in [0.29, 0.717) is 0 Å². The molecule has 0 unspecified atom stereocenters. The number of hydrogen-bond donors (Lipinski definition) is 1. The first-order valence-electron chi connectivity index (χ1n) is 3.95. The van der Waals surface area contributed by atoms with Gasteiger partial charge < -0.3 is 0 Å². The zero-order valence-corrected chi connectivity index (χ0v) is 6.87. The Morgan fingerprint density at radius 3 is 2.92 bits per heavy atom. The average molecular weight is 175 g/mol. The van der Waals surface area contributed by atoms with Crippen LogP contribution in [-0.4, -0.2) is 10.2 Å². The Kier molecular flexibility index (Phi) is 2.08. The van der Waals surface area contributed by atoms with Crippen LogP contribution in [0.5, 0.6) is 0 Å². The maximum Gasteiger partial charge on any atom is 0.123 e. The van der Waals surface area contributed by atoms with E-state index in [9.17, 15) is 4.39 Å². The molecule has 65 valence electrons. The summed E-state index contributed by atoms with van der Waals surface area (Å²) < 4.78 is 12.7. The summed E-state index contributed by atoms with van der Waals surface area (Å²) in [6.45, 7) is 0. The van der Waals surface area contributed by atoms with Gasteiger partial charge in [-0.1, -0.05) is 12.1 Å². The standard InChI is InChI=1S/C10H8FN2/c11-9-3-1-2-8(6-9)7-10-4-5-12-13-10/h1-7H,(H,12,13). The Hall–Kier alpha value is -1.64. The molecule has 1 aromatic heterocycles. The molecule has 1 N–H and O–H groups in total. The Balaban J connectivity index is 2.19. The van der Waals surface area contributed by atoms with E-state index in [-0.39, 0.29) is 5.82 Å². The zero-order valence-electron chi connectivity index (χ0n) is 6.87. The number of H-pyrrole nitrogens is 1. The quantitative estimate of drug-likeness (QED) is 0.744. The number of rotatable bonds is 2. The van der Waals surface area contributed by atoms with Gasteiger partial charge in [0.2, 0.25) is 0 Å². The third kappa shape index (κ3) is 1.93. The molecule has 0 spiro atoms. The molecule has 0 aliphatic carbocycles. The van der Waals surface area contributed by atoms with Crippen LogP contribution in [0.25, 0.3) is 0 Å². The Labute approximate surface area is 75.4 Å². The van der Waals surface area contributed by atoms with Gasteiger partial charge in [-0.2, -0.15) is 5.10 Å². The summed E-state index contributed by atoms with van der Waals surface area (Å²) in [5.41, 5.74) is 1.61. The van der Waals surface area contributed by atoms with Crippen LogP contribution >= 0.6 is 0 Å². The number of aromatic nitrogens is 2. The lowest BCUT2D eigenvalue weighted by molar-refractivity contribution is 0.627. The summed E-state index contributed by atoms with van der Waals surface area (Å²) in [5.74, 6) is -0.232. The highest BCUT2D eigenvalue weighted by molar-refractivity contribution is 5.32. The van der Waals surface area contributed by atoms with Gasteiger partial charge in [-0.05, 0) is 23.8 Å². The Morgan fingerprint density at radius 1 is 1.31 bits per heavy atom. The van der Waals surface area contributed by atoms with Crippen LogP contribution in [0.3, 0.4) is 0 Å². The van der Waals surface area contributed by atoms with Gasteiger partial charge in [0.1, 0.15) is 5.82 Å². The number of hydrogen-bond acceptors (Lipinski definition) is 1. The van der Waals surface area contributed by atoms with Crippen molar-refractivity contribution in [3.8, 4) is 0 Å². The minimum absolute atomic E-state index is 0.232. The lowest BCUT2D eigenvalue weighted by Crippen LogP contribution is -1.86. The van der Waals surface area contributed by atoms with Crippen molar-refractivity contribution in [2.24, 2.45) is 0 Å². The molecule has 13 heavy (non-hydrogen) atoms. The molecule has 0 saturated heterocycles. The van der Waals surface area contributed by atoms with Crippen LogP contribution in [0.15, 0.2) is 36.5 Å². The van der Waals surface area contributed by atoms with Gasteiger partial charge in [0.25, 0.3) is 0 Å². The highest BCUT2D eigenvalue weighted by atomic mass is 19.1. The number of nitrogens with one attached hydrogen (secondary N) is 1. The summed E-state index contributed by atoms with van der Waals surface area (Å²) >= 11 is 0. The second-order valence-electron chi connectivity index (χ2n) is 2.70. The molecular weight excluding hydrogens is 167 g/mol. The second-order valence-corrected chi connectivity index (χ2v) is 2.70. The molecule has 0 fully saturated rings. The minimum Gasteiger partial charge on any atom is -0.285 e. The largest absolute Gasteiger partial charge is 0.285 e. The maximum atomic E-state index is 12.7. The summed E-state index contributed by atoms with van der Waals surface area (Å²) in [7, 11) is 0. The van der Waals surface area contributed by atoms with Gasteiger partial charge in [-0.3, -0.25) is 5.10 Å². The van der Waals surface area contributed by atoms with Gasteiger partial charge >= 0.3 is 0 Å². The molecule has 2 aromatic rings. The monoisotopic (exact) mass is 175 g/mol. The predicted octanol–water partition coefficient (Wildman–Crippen LogP) is 2.15. The van der Waals surface area contributed by atoms with E-state index >= 15 is 0 Å². The number of benzene rings is 1. The van der Waals surface area contributed by atoms with Gasteiger partial charge in [0, 0.05) is 12.6 Å². The molecule has 0 atom stereocenters. The van der Waals surface area contributed by atoms with E-state index in [1.54, 1.807) is 18.7 Å². The van der Waals surface area contributed by atoms with E-state index in [1.807, 2.05) is 12.1 Å². The predicted molar refractivity (Wildman–Crippen MR) is 47.5 cm³/mol. The van der Waals surface area contributed by atoms with Crippen LogP contribution in [0.4, 0.5) is 4.39 Å². The van der Waals surface area contributed by atoms with E-state index in [0.717, 1.165) is 11.3 Å². The summed E-state index contributed by atoms with van der Waals surface area (Å²) in [4.78, 5) is 0. The fourth-order valence-electron chi connectivity index (χ4n) is 1.12. The van der Waals surface area contributed by atoms with Gasteiger partial charge in [-0.25, -0.2) is 4.39 Å². The number of nitrogens with zero attached hydrogens (tertiary/aromatic N) is 1. The van der Waals surface area contributed by atoms with E-state index < -0.39 is 0 Å². The van der Waals surface area contributed by atoms with Gasteiger partial charge in [0.05, 0.1) is 5.69 Å². The first kappa shape index (κ1) is 7.98. The van der Waals surface area contributed by atoms with Crippen molar-refractivity contribution < 1.29 is 4.39 Å². The Bertz CT molecular complexity index is 382. The number of halogens is 1. The van der Waals surface area contributed by atoms with Crippen molar-refractivity contribution in [2.45, 2.75) is 0 Å². The maximum absolute atomic E-state index is 12.7. The van der Waals surface area contributed by atoms with Gasteiger partial charge in [-0.15, -0.1) is 0 Å². The first-order valence-corrected chi connectivity index (χ1v) is 3.95. The third-order valence-electron chi connectivity index (χ3n) is 1.69. The van der Waals surface area contributed by atoms with Crippen molar-refractivity contribution in [3.05, 3.63) is 60.0 Å². The zero-order chi connectivity index (χ0) is 9.10. The molecule has 0 aliphatic heterocycles. The van der Waals surface area contributed by atoms with Crippen LogP contribution in [0.2, 0.25) is 0 Å². The molecule has 1 radical (unpaired) electrons. The molecular formula is C10H8FN2. The Morgan fingerprint density at radius 2 is 2.23 bits per heavy atom. The molecule has 1 heterocycles. The van der Waals surface area contributed by atoms with E-state index in [4.69, 9.17) is 0 Å². The van der Waals surface area contributed by atoms with Crippen LogP contribution in [0, 0.1) is 12.2 Å². The molecule has 0 saturated carbocycles. The van der Waals surface area contributed by atoms with Crippen molar-refractivity contribution in [1.82, 2.24) is 10.2 Å². The van der Waals surface area contributed by atoms with Crippen molar-refractivity contribution in [1.29, 1.82) is 0 Å². The summed E-state index contributed by atoms with van der Waals surface area (Å²) in [6.07, 6.45) is 3.53. The second kappa shape index (κ2) is 3.39. The molecule has 1 aromatic carbocycles. The first-order chi connectivity index (χ1) is 6.34. The summed E-state index contributed by atoms with van der Waals surface area (Å²) in [5, 5.41) is 6.63. The van der Waals surface area contributed by atoms with Crippen LogP contribution in [0.1, 0.15) is 11.3 Å². The molecule has 0 amide bonds. The SMILES string of the molecule is Fc1cccc([CH]c2cc[nH]n2)c1. The van der Waals surface area contributed by atoms with Crippen LogP contribution < -0.4 is 0 Å².